The molecule has 1 amide bonds. The predicted octanol–water partition coefficient (Wildman–Crippen LogP) is 4.72. The molecule has 35 heavy (non-hydrogen) atoms. The molecule has 4 N–H and O–H groups in total. The highest BCUT2D eigenvalue weighted by atomic mass is 19.3. The zero-order chi connectivity index (χ0) is 24.9. The van der Waals surface area contributed by atoms with Gasteiger partial charge >= 0.3 is 6.61 Å². The number of halogens is 2. The van der Waals surface area contributed by atoms with Gasteiger partial charge in [-0.1, -0.05) is 18.2 Å². The Morgan fingerprint density at radius 3 is 2.74 bits per heavy atom. The fraction of sp³-hybridized carbons (Fsp3) is 0.308. The Balaban J connectivity index is 1.72. The van der Waals surface area contributed by atoms with Crippen LogP contribution in [0.25, 0.3) is 22.4 Å². The minimum Gasteiger partial charge on any atom is -0.507 e. The summed E-state index contributed by atoms with van der Waals surface area (Å²) in [6.45, 7) is -1.19. The van der Waals surface area contributed by atoms with E-state index in [4.69, 9.17) is 10.5 Å². The molecule has 1 atom stereocenters. The Bertz CT molecular complexity index is 1200. The molecule has 2 heterocycles. The van der Waals surface area contributed by atoms with E-state index in [2.05, 4.69) is 22.2 Å². The molecule has 0 spiro atoms. The third-order valence-electron chi connectivity index (χ3n) is 6.25. The second-order valence-corrected chi connectivity index (χ2v) is 8.59. The van der Waals surface area contributed by atoms with Gasteiger partial charge in [-0.2, -0.15) is 8.78 Å². The highest BCUT2D eigenvalue weighted by Crippen LogP contribution is 2.35. The first-order chi connectivity index (χ1) is 16.8. The first kappa shape index (κ1) is 24.4. The van der Waals surface area contributed by atoms with E-state index in [-0.39, 0.29) is 17.1 Å². The van der Waals surface area contributed by atoms with Crippen molar-refractivity contribution < 1.29 is 23.4 Å². The van der Waals surface area contributed by atoms with Crippen molar-refractivity contribution in [3.8, 4) is 33.9 Å². The van der Waals surface area contributed by atoms with Gasteiger partial charge in [-0.3, -0.25) is 4.79 Å². The summed E-state index contributed by atoms with van der Waals surface area (Å²) < 4.78 is 30.8. The van der Waals surface area contributed by atoms with Crippen molar-refractivity contribution in [1.82, 2.24) is 9.88 Å². The van der Waals surface area contributed by atoms with Gasteiger partial charge in [-0.25, -0.2) is 4.98 Å². The molecule has 184 valence electrons. The number of likely N-dealkylation sites (tertiary alicyclic amines) is 1. The number of aromatic nitrogens is 1. The zero-order valence-corrected chi connectivity index (χ0v) is 19.4. The monoisotopic (exact) mass is 482 g/mol. The van der Waals surface area contributed by atoms with Crippen LogP contribution in [0.1, 0.15) is 29.6 Å². The number of aromatic hydroxyl groups is 1. The van der Waals surface area contributed by atoms with Crippen LogP contribution in [-0.2, 0) is 0 Å². The van der Waals surface area contributed by atoms with Crippen molar-refractivity contribution in [1.29, 1.82) is 0 Å². The summed E-state index contributed by atoms with van der Waals surface area (Å²) in [6, 6.07) is 15.0. The normalized spacial score (nSPS) is 15.9. The fourth-order valence-electron chi connectivity index (χ4n) is 4.43. The van der Waals surface area contributed by atoms with Crippen LogP contribution >= 0.6 is 0 Å². The summed E-state index contributed by atoms with van der Waals surface area (Å²) in [5.41, 5.74) is 7.48. The molecule has 0 bridgehead atoms. The van der Waals surface area contributed by atoms with Gasteiger partial charge in [0.1, 0.15) is 17.3 Å². The average molecular weight is 483 g/mol. The van der Waals surface area contributed by atoms with Crippen molar-refractivity contribution in [2.75, 3.05) is 25.5 Å². The van der Waals surface area contributed by atoms with Crippen LogP contribution in [0.15, 0.2) is 54.6 Å². The van der Waals surface area contributed by atoms with E-state index in [0.29, 0.717) is 40.8 Å². The average Bonchev–Trinajstić information content (AvgIpc) is 3.23. The SMILES string of the molecule is CN1CCCC1CCNc1cc(-c2ccccc2OC(F)F)cc(-c2ccc(O)c(C(N)=O)c2)n1. The maximum absolute atomic E-state index is 13.0. The van der Waals surface area contributed by atoms with Crippen molar-refractivity contribution in [3.05, 3.63) is 60.2 Å². The van der Waals surface area contributed by atoms with Crippen molar-refractivity contribution in [2.45, 2.75) is 31.9 Å². The first-order valence-corrected chi connectivity index (χ1v) is 11.5. The van der Waals surface area contributed by atoms with Crippen LogP contribution < -0.4 is 15.8 Å². The third kappa shape index (κ3) is 5.86. The second kappa shape index (κ2) is 10.7. The van der Waals surface area contributed by atoms with E-state index in [9.17, 15) is 18.7 Å². The van der Waals surface area contributed by atoms with E-state index in [1.54, 1.807) is 36.4 Å². The standard InChI is InChI=1S/C26H28F2N4O3/c1-32-12-4-5-18(32)10-11-30-24-15-17(19-6-2-3-7-23(19)35-26(27)28)14-21(31-24)16-8-9-22(33)20(13-16)25(29)34/h2-3,6-9,13-15,18,26,33H,4-5,10-12H2,1H3,(H2,29,34)(H,30,31). The molecular weight excluding hydrogens is 454 g/mol. The van der Waals surface area contributed by atoms with Gasteiger partial charge in [0.2, 0.25) is 0 Å². The molecule has 4 rings (SSSR count). The lowest BCUT2D eigenvalue weighted by molar-refractivity contribution is -0.0494. The van der Waals surface area contributed by atoms with Gasteiger partial charge in [0.05, 0.1) is 11.3 Å². The maximum atomic E-state index is 13.0. The minimum atomic E-state index is -2.96. The van der Waals surface area contributed by atoms with Gasteiger partial charge in [0, 0.05) is 23.7 Å². The highest BCUT2D eigenvalue weighted by Gasteiger charge is 2.20. The smallest absolute Gasteiger partial charge is 0.387 e. The van der Waals surface area contributed by atoms with Crippen LogP contribution in [0, 0.1) is 0 Å². The van der Waals surface area contributed by atoms with Crippen molar-refractivity contribution >= 4 is 11.7 Å². The molecule has 7 nitrogen and oxygen atoms in total. The van der Waals surface area contributed by atoms with E-state index in [0.717, 1.165) is 19.4 Å². The molecule has 0 radical (unpaired) electrons. The zero-order valence-electron chi connectivity index (χ0n) is 19.4. The number of para-hydroxylation sites is 1. The number of benzene rings is 2. The van der Waals surface area contributed by atoms with Crippen molar-refractivity contribution in [2.24, 2.45) is 5.73 Å². The number of nitrogens with one attached hydrogen (secondary N) is 1. The number of alkyl halides is 2. The summed E-state index contributed by atoms with van der Waals surface area (Å²) in [4.78, 5) is 18.8. The van der Waals surface area contributed by atoms with E-state index < -0.39 is 12.5 Å². The van der Waals surface area contributed by atoms with E-state index in [1.165, 1.54) is 24.6 Å². The number of pyridine rings is 1. The number of carbonyl (C=O) groups is 1. The van der Waals surface area contributed by atoms with Crippen molar-refractivity contribution in [3.63, 3.8) is 0 Å². The van der Waals surface area contributed by atoms with Crippen LogP contribution in [0.4, 0.5) is 14.6 Å². The van der Waals surface area contributed by atoms with Gasteiger partial charge in [-0.05, 0) is 74.8 Å². The molecular formula is C26H28F2N4O3. The lowest BCUT2D eigenvalue weighted by Gasteiger charge is -2.20. The highest BCUT2D eigenvalue weighted by molar-refractivity contribution is 5.97. The number of primary amides is 1. The number of amides is 1. The number of anilines is 1. The van der Waals surface area contributed by atoms with Gasteiger partial charge in [-0.15, -0.1) is 0 Å². The number of carbonyl (C=O) groups excluding carboxylic acids is 1. The Hall–Kier alpha value is -3.72. The summed E-state index contributed by atoms with van der Waals surface area (Å²) in [7, 11) is 2.12. The number of ether oxygens (including phenoxy) is 1. The summed E-state index contributed by atoms with van der Waals surface area (Å²) in [5, 5.41) is 13.3. The molecule has 1 aliphatic rings. The largest absolute Gasteiger partial charge is 0.507 e. The van der Waals surface area contributed by atoms with Gasteiger partial charge in [0.25, 0.3) is 5.91 Å². The molecule has 0 aliphatic carbocycles. The number of phenols is 1. The van der Waals surface area contributed by atoms with E-state index in [1.807, 2.05) is 0 Å². The first-order valence-electron chi connectivity index (χ1n) is 11.5. The van der Waals surface area contributed by atoms with E-state index >= 15 is 0 Å². The molecule has 3 aromatic rings. The molecule has 1 saturated heterocycles. The summed E-state index contributed by atoms with van der Waals surface area (Å²) >= 11 is 0. The molecule has 1 aromatic heterocycles. The molecule has 9 heteroatoms. The number of hydrogen-bond donors (Lipinski definition) is 3. The number of rotatable bonds is 9. The molecule has 1 unspecified atom stereocenters. The maximum Gasteiger partial charge on any atom is 0.387 e. The molecule has 2 aromatic carbocycles. The number of hydrogen-bond acceptors (Lipinski definition) is 6. The van der Waals surface area contributed by atoms with Crippen LogP contribution in [-0.4, -0.2) is 53.7 Å². The summed E-state index contributed by atoms with van der Waals surface area (Å²) in [6.07, 6.45) is 3.27. The van der Waals surface area contributed by atoms with Gasteiger partial charge < -0.3 is 25.8 Å². The minimum absolute atomic E-state index is 0.0325. The lowest BCUT2D eigenvalue weighted by atomic mass is 10.0. The van der Waals surface area contributed by atoms with Gasteiger partial charge in [0.15, 0.2) is 0 Å². The molecule has 0 saturated carbocycles. The van der Waals surface area contributed by atoms with Crippen LogP contribution in [0.3, 0.4) is 0 Å². The Labute approximate surface area is 202 Å². The second-order valence-electron chi connectivity index (χ2n) is 8.59. The number of nitrogens with zero attached hydrogens (tertiary/aromatic N) is 2. The molecule has 1 aliphatic heterocycles. The summed E-state index contributed by atoms with van der Waals surface area (Å²) in [5.74, 6) is -0.400. The third-order valence-corrected chi connectivity index (χ3v) is 6.25. The molecule has 1 fully saturated rings. The van der Waals surface area contributed by atoms with Crippen LogP contribution in [0.2, 0.25) is 0 Å². The lowest BCUT2D eigenvalue weighted by Crippen LogP contribution is -2.27. The fourth-order valence-corrected chi connectivity index (χ4v) is 4.43. The predicted molar refractivity (Wildman–Crippen MR) is 131 cm³/mol. The Morgan fingerprint density at radius 2 is 2.03 bits per heavy atom. The van der Waals surface area contributed by atoms with Crippen LogP contribution in [0.5, 0.6) is 11.5 Å². The number of nitrogens with two attached hydrogens (primary N) is 1. The Morgan fingerprint density at radius 1 is 1.23 bits per heavy atom. The topological polar surface area (TPSA) is 101 Å². The Kier molecular flexibility index (Phi) is 7.45. The quantitative estimate of drug-likeness (QED) is 0.408.